The topological polar surface area (TPSA) is 58.9 Å². The van der Waals surface area contributed by atoms with Gasteiger partial charge in [0.05, 0.1) is 35.8 Å². The molecule has 0 unspecified atom stereocenters. The SMILES string of the molecule is N#Cc1ccc(-c2cnc3cc(-c4cnn(C5CC5)c4)ccn23)cc1. The van der Waals surface area contributed by atoms with Crippen LogP contribution in [0.2, 0.25) is 0 Å². The molecule has 5 nitrogen and oxygen atoms in total. The van der Waals surface area contributed by atoms with Crippen LogP contribution < -0.4 is 0 Å². The highest BCUT2D eigenvalue weighted by Crippen LogP contribution is 2.35. The number of hydrogen-bond donors (Lipinski definition) is 0. The molecule has 3 aromatic heterocycles. The highest BCUT2D eigenvalue weighted by Gasteiger charge is 2.24. The van der Waals surface area contributed by atoms with E-state index in [1.165, 1.54) is 12.8 Å². The molecule has 1 fully saturated rings. The fourth-order valence-electron chi connectivity index (χ4n) is 3.12. The zero-order chi connectivity index (χ0) is 16.8. The minimum absolute atomic E-state index is 0.590. The number of nitriles is 1. The maximum absolute atomic E-state index is 8.94. The standard InChI is InChI=1S/C20H15N5/c21-10-14-1-3-15(4-2-14)19-12-22-20-9-16(7-8-24(19)20)17-11-23-25(13-17)18-5-6-18/h1-4,7-9,11-13,18H,5-6H2. The van der Waals surface area contributed by atoms with Gasteiger partial charge in [0.25, 0.3) is 0 Å². The summed E-state index contributed by atoms with van der Waals surface area (Å²) in [6.07, 6.45) is 10.4. The molecule has 1 aliphatic carbocycles. The third-order valence-electron chi connectivity index (χ3n) is 4.68. The van der Waals surface area contributed by atoms with Gasteiger partial charge in [0, 0.05) is 23.5 Å². The van der Waals surface area contributed by atoms with E-state index in [1.807, 2.05) is 42.9 Å². The maximum Gasteiger partial charge on any atom is 0.137 e. The number of imidazole rings is 1. The first kappa shape index (κ1) is 14.0. The maximum atomic E-state index is 8.94. The summed E-state index contributed by atoms with van der Waals surface area (Å²) in [5.74, 6) is 0. The summed E-state index contributed by atoms with van der Waals surface area (Å²) in [7, 11) is 0. The van der Waals surface area contributed by atoms with E-state index in [2.05, 4.69) is 43.6 Å². The number of rotatable bonds is 3. The van der Waals surface area contributed by atoms with Crippen LogP contribution >= 0.6 is 0 Å². The van der Waals surface area contributed by atoms with E-state index in [-0.39, 0.29) is 0 Å². The molecule has 0 atom stereocenters. The van der Waals surface area contributed by atoms with Crippen LogP contribution in [0.1, 0.15) is 24.4 Å². The second-order valence-corrected chi connectivity index (χ2v) is 6.42. The van der Waals surface area contributed by atoms with E-state index in [0.717, 1.165) is 28.0 Å². The van der Waals surface area contributed by atoms with Crippen LogP contribution in [0.25, 0.3) is 28.0 Å². The average molecular weight is 325 g/mol. The Morgan fingerprint density at radius 2 is 1.84 bits per heavy atom. The van der Waals surface area contributed by atoms with Gasteiger partial charge in [-0.2, -0.15) is 10.4 Å². The van der Waals surface area contributed by atoms with Crippen molar-refractivity contribution in [1.29, 1.82) is 5.26 Å². The minimum atomic E-state index is 0.590. The molecule has 5 rings (SSSR count). The van der Waals surface area contributed by atoms with Crippen molar-refractivity contribution in [1.82, 2.24) is 19.2 Å². The van der Waals surface area contributed by atoms with E-state index in [0.29, 0.717) is 11.6 Å². The van der Waals surface area contributed by atoms with Crippen LogP contribution in [-0.4, -0.2) is 19.2 Å². The second kappa shape index (κ2) is 5.32. The number of hydrogen-bond acceptors (Lipinski definition) is 3. The van der Waals surface area contributed by atoms with E-state index in [4.69, 9.17) is 5.26 Å². The van der Waals surface area contributed by atoms with Crippen molar-refractivity contribution in [2.24, 2.45) is 0 Å². The van der Waals surface area contributed by atoms with Crippen LogP contribution in [-0.2, 0) is 0 Å². The van der Waals surface area contributed by atoms with Crippen molar-refractivity contribution in [3.05, 3.63) is 66.7 Å². The lowest BCUT2D eigenvalue weighted by Gasteiger charge is -2.04. The van der Waals surface area contributed by atoms with E-state index >= 15 is 0 Å². The number of nitrogens with zero attached hydrogens (tertiary/aromatic N) is 5. The molecule has 0 saturated heterocycles. The van der Waals surface area contributed by atoms with Crippen molar-refractivity contribution < 1.29 is 0 Å². The van der Waals surface area contributed by atoms with Crippen molar-refractivity contribution in [2.75, 3.05) is 0 Å². The molecule has 5 heteroatoms. The first-order chi connectivity index (χ1) is 12.3. The number of benzene rings is 1. The molecule has 0 bridgehead atoms. The lowest BCUT2D eigenvalue weighted by Crippen LogP contribution is -1.92. The Hall–Kier alpha value is -3.39. The minimum Gasteiger partial charge on any atom is -0.300 e. The Morgan fingerprint density at radius 3 is 2.60 bits per heavy atom. The lowest BCUT2D eigenvalue weighted by atomic mass is 10.1. The Morgan fingerprint density at radius 1 is 1.00 bits per heavy atom. The number of aromatic nitrogens is 4. The molecular formula is C20H15N5. The highest BCUT2D eigenvalue weighted by atomic mass is 15.3. The van der Waals surface area contributed by atoms with Gasteiger partial charge < -0.3 is 0 Å². The molecule has 0 spiro atoms. The molecule has 1 saturated carbocycles. The monoisotopic (exact) mass is 325 g/mol. The molecule has 1 aromatic carbocycles. The van der Waals surface area contributed by atoms with Crippen LogP contribution in [0.4, 0.5) is 0 Å². The third kappa shape index (κ3) is 2.39. The van der Waals surface area contributed by atoms with Crippen molar-refractivity contribution in [3.63, 3.8) is 0 Å². The van der Waals surface area contributed by atoms with Gasteiger partial charge in [-0.25, -0.2) is 4.98 Å². The first-order valence-corrected chi connectivity index (χ1v) is 8.34. The zero-order valence-corrected chi connectivity index (χ0v) is 13.5. The first-order valence-electron chi connectivity index (χ1n) is 8.34. The summed E-state index contributed by atoms with van der Waals surface area (Å²) >= 11 is 0. The summed E-state index contributed by atoms with van der Waals surface area (Å²) in [5, 5.41) is 13.4. The zero-order valence-electron chi connectivity index (χ0n) is 13.5. The molecule has 0 aliphatic heterocycles. The van der Waals surface area contributed by atoms with Crippen LogP contribution in [0, 0.1) is 11.3 Å². The predicted molar refractivity (Wildman–Crippen MR) is 94.8 cm³/mol. The van der Waals surface area contributed by atoms with Gasteiger partial charge in [-0.1, -0.05) is 12.1 Å². The molecule has 0 amide bonds. The molecule has 1 aliphatic rings. The second-order valence-electron chi connectivity index (χ2n) is 6.42. The van der Waals surface area contributed by atoms with Gasteiger partial charge >= 0.3 is 0 Å². The van der Waals surface area contributed by atoms with Crippen LogP contribution in [0.3, 0.4) is 0 Å². The van der Waals surface area contributed by atoms with Crippen LogP contribution in [0.15, 0.2) is 61.2 Å². The van der Waals surface area contributed by atoms with E-state index in [9.17, 15) is 0 Å². The molecule has 0 N–H and O–H groups in total. The van der Waals surface area contributed by atoms with Gasteiger partial charge in [-0.05, 0) is 42.7 Å². The fourth-order valence-corrected chi connectivity index (χ4v) is 3.12. The molecule has 0 radical (unpaired) electrons. The summed E-state index contributed by atoms with van der Waals surface area (Å²) < 4.78 is 4.13. The quantitative estimate of drug-likeness (QED) is 0.570. The molecule has 120 valence electrons. The van der Waals surface area contributed by atoms with Gasteiger partial charge in [0.15, 0.2) is 0 Å². The fraction of sp³-hybridized carbons (Fsp3) is 0.150. The Balaban J connectivity index is 1.53. The summed E-state index contributed by atoms with van der Waals surface area (Å²) in [6, 6.07) is 14.5. The molecule has 4 aromatic rings. The molecule has 25 heavy (non-hydrogen) atoms. The smallest absolute Gasteiger partial charge is 0.137 e. The van der Waals surface area contributed by atoms with Gasteiger partial charge in [-0.15, -0.1) is 0 Å². The van der Waals surface area contributed by atoms with Crippen molar-refractivity contribution in [2.45, 2.75) is 18.9 Å². The van der Waals surface area contributed by atoms with E-state index < -0.39 is 0 Å². The van der Waals surface area contributed by atoms with Crippen LogP contribution in [0.5, 0.6) is 0 Å². The third-order valence-corrected chi connectivity index (χ3v) is 4.68. The van der Waals surface area contributed by atoms with Crippen molar-refractivity contribution >= 4 is 5.65 Å². The largest absolute Gasteiger partial charge is 0.300 e. The predicted octanol–water partition coefficient (Wildman–Crippen LogP) is 4.07. The normalized spacial score (nSPS) is 13.9. The van der Waals surface area contributed by atoms with Gasteiger partial charge in [0.2, 0.25) is 0 Å². The Bertz CT molecular complexity index is 1110. The average Bonchev–Trinajstić information content (AvgIpc) is 3.24. The summed E-state index contributed by atoms with van der Waals surface area (Å²) in [6.45, 7) is 0. The summed E-state index contributed by atoms with van der Waals surface area (Å²) in [4.78, 5) is 4.55. The summed E-state index contributed by atoms with van der Waals surface area (Å²) in [5.41, 5.74) is 5.86. The van der Waals surface area contributed by atoms with Gasteiger partial charge in [0.1, 0.15) is 5.65 Å². The highest BCUT2D eigenvalue weighted by molar-refractivity contribution is 5.70. The number of pyridine rings is 1. The number of fused-ring (bicyclic) bond motifs is 1. The lowest BCUT2D eigenvalue weighted by molar-refractivity contribution is 0.642. The Labute approximate surface area is 144 Å². The van der Waals surface area contributed by atoms with Gasteiger partial charge in [-0.3, -0.25) is 9.08 Å². The molecular weight excluding hydrogens is 310 g/mol. The molecule has 3 heterocycles. The Kier molecular flexibility index (Phi) is 2.98. The van der Waals surface area contributed by atoms with E-state index in [1.54, 1.807) is 0 Å². The van der Waals surface area contributed by atoms with Crippen molar-refractivity contribution in [3.8, 4) is 28.5 Å².